The molecule has 1 aromatic heterocycles. The molecule has 144 valence electrons. The molecule has 0 aliphatic carbocycles. The second-order valence-electron chi connectivity index (χ2n) is 6.14. The fraction of sp³-hybridized carbons (Fsp3) is 0.0455. The van der Waals surface area contributed by atoms with E-state index in [-0.39, 0.29) is 5.91 Å². The lowest BCUT2D eigenvalue weighted by Gasteiger charge is -2.03. The van der Waals surface area contributed by atoms with E-state index in [9.17, 15) is 4.79 Å². The SMILES string of the molecule is O=C(CSc1nc2ccc(N=Cc3ccc(Cl)cc3)cc2s1)Nc1ccccc1. The van der Waals surface area contributed by atoms with Crippen LogP contribution in [0.1, 0.15) is 5.56 Å². The molecule has 0 radical (unpaired) electrons. The third-order valence-corrected chi connectivity index (χ3v) is 6.38. The normalized spacial score (nSPS) is 11.2. The van der Waals surface area contributed by atoms with Crippen molar-refractivity contribution in [3.05, 3.63) is 83.4 Å². The van der Waals surface area contributed by atoms with Crippen molar-refractivity contribution in [3.8, 4) is 0 Å². The molecule has 0 saturated carbocycles. The van der Waals surface area contributed by atoms with Crippen molar-refractivity contribution in [3.63, 3.8) is 0 Å². The molecule has 0 spiro atoms. The van der Waals surface area contributed by atoms with Gasteiger partial charge in [-0.1, -0.05) is 53.7 Å². The van der Waals surface area contributed by atoms with Crippen molar-refractivity contribution in [2.24, 2.45) is 4.99 Å². The maximum atomic E-state index is 12.1. The Balaban J connectivity index is 1.40. The summed E-state index contributed by atoms with van der Waals surface area (Å²) in [5.41, 5.74) is 3.55. The number of fused-ring (bicyclic) bond motifs is 1. The zero-order valence-corrected chi connectivity index (χ0v) is 17.6. The molecule has 0 unspecified atom stereocenters. The van der Waals surface area contributed by atoms with Gasteiger partial charge in [-0.3, -0.25) is 9.79 Å². The molecule has 3 aromatic carbocycles. The summed E-state index contributed by atoms with van der Waals surface area (Å²) < 4.78 is 1.91. The molecular formula is C22H16ClN3OS2. The van der Waals surface area contributed by atoms with E-state index >= 15 is 0 Å². The smallest absolute Gasteiger partial charge is 0.234 e. The molecule has 4 rings (SSSR count). The predicted molar refractivity (Wildman–Crippen MR) is 124 cm³/mol. The van der Waals surface area contributed by atoms with E-state index in [0.717, 1.165) is 31.5 Å². The lowest BCUT2D eigenvalue weighted by atomic mass is 10.2. The minimum atomic E-state index is -0.0475. The molecule has 4 aromatic rings. The standard InChI is InChI=1S/C22H16ClN3OS2/c23-16-8-6-15(7-9-16)13-24-18-10-11-19-20(12-18)29-22(26-19)28-14-21(27)25-17-4-2-1-3-5-17/h1-13H,14H2,(H,25,27). The number of rotatable bonds is 6. The van der Waals surface area contributed by atoms with E-state index < -0.39 is 0 Å². The number of carbonyl (C=O) groups is 1. The van der Waals surface area contributed by atoms with E-state index in [0.29, 0.717) is 10.8 Å². The number of thiazole rings is 1. The van der Waals surface area contributed by atoms with E-state index in [4.69, 9.17) is 11.6 Å². The summed E-state index contributed by atoms with van der Waals surface area (Å²) in [6.45, 7) is 0. The number of hydrogen-bond acceptors (Lipinski definition) is 5. The number of nitrogens with one attached hydrogen (secondary N) is 1. The first-order valence-corrected chi connectivity index (χ1v) is 11.0. The summed E-state index contributed by atoms with van der Waals surface area (Å²) in [7, 11) is 0. The number of halogens is 1. The molecule has 4 nitrogen and oxygen atoms in total. The first-order chi connectivity index (χ1) is 14.2. The van der Waals surface area contributed by atoms with Crippen molar-refractivity contribution in [2.75, 3.05) is 11.1 Å². The lowest BCUT2D eigenvalue weighted by Crippen LogP contribution is -2.13. The van der Waals surface area contributed by atoms with Gasteiger partial charge in [0.2, 0.25) is 5.91 Å². The lowest BCUT2D eigenvalue weighted by molar-refractivity contribution is -0.113. The highest BCUT2D eigenvalue weighted by molar-refractivity contribution is 8.01. The van der Waals surface area contributed by atoms with Crippen LogP contribution in [0.3, 0.4) is 0 Å². The molecule has 0 aliphatic heterocycles. The van der Waals surface area contributed by atoms with Crippen LogP contribution in [0.25, 0.3) is 10.2 Å². The highest BCUT2D eigenvalue weighted by atomic mass is 35.5. The molecule has 1 amide bonds. The Labute approximate surface area is 181 Å². The summed E-state index contributed by atoms with van der Waals surface area (Å²) in [5.74, 6) is 0.268. The minimum Gasteiger partial charge on any atom is -0.325 e. The number of aromatic nitrogens is 1. The summed E-state index contributed by atoms with van der Waals surface area (Å²) in [5, 5.41) is 3.58. The van der Waals surface area contributed by atoms with Crippen LogP contribution in [0.5, 0.6) is 0 Å². The maximum absolute atomic E-state index is 12.1. The second-order valence-corrected chi connectivity index (χ2v) is 8.83. The largest absolute Gasteiger partial charge is 0.325 e. The van der Waals surface area contributed by atoms with Crippen molar-refractivity contribution >= 4 is 68.4 Å². The van der Waals surface area contributed by atoms with Gasteiger partial charge in [0.1, 0.15) is 0 Å². The van der Waals surface area contributed by atoms with Crippen LogP contribution in [0, 0.1) is 0 Å². The van der Waals surface area contributed by atoms with Crippen molar-refractivity contribution in [1.82, 2.24) is 4.98 Å². The minimum absolute atomic E-state index is 0.0475. The van der Waals surface area contributed by atoms with Crippen molar-refractivity contribution in [1.29, 1.82) is 0 Å². The fourth-order valence-corrected chi connectivity index (χ4v) is 4.61. The van der Waals surface area contributed by atoms with Crippen molar-refractivity contribution < 1.29 is 4.79 Å². The Kier molecular flexibility index (Phi) is 6.24. The monoisotopic (exact) mass is 437 g/mol. The molecule has 1 heterocycles. The Hall–Kier alpha value is -2.67. The molecule has 7 heteroatoms. The van der Waals surface area contributed by atoms with E-state index in [1.54, 1.807) is 11.3 Å². The predicted octanol–water partition coefficient (Wildman–Crippen LogP) is 6.43. The highest BCUT2D eigenvalue weighted by Gasteiger charge is 2.08. The second kappa shape index (κ2) is 9.22. The number of aliphatic imine (C=N–C) groups is 1. The first kappa shape index (κ1) is 19.6. The molecule has 0 atom stereocenters. The van der Waals surface area contributed by atoms with Crippen LogP contribution >= 0.6 is 34.7 Å². The van der Waals surface area contributed by atoms with Gasteiger partial charge in [-0.2, -0.15) is 0 Å². The zero-order valence-electron chi connectivity index (χ0n) is 15.2. The highest BCUT2D eigenvalue weighted by Crippen LogP contribution is 2.32. The Bertz CT molecular complexity index is 1160. The van der Waals surface area contributed by atoms with Gasteiger partial charge in [0.05, 0.1) is 21.7 Å². The van der Waals surface area contributed by atoms with Gasteiger partial charge in [0.15, 0.2) is 4.34 Å². The maximum Gasteiger partial charge on any atom is 0.234 e. The summed E-state index contributed by atoms with van der Waals surface area (Å²) in [6.07, 6.45) is 1.81. The van der Waals surface area contributed by atoms with E-state index in [2.05, 4.69) is 15.3 Å². The number of thioether (sulfide) groups is 1. The Morgan fingerprint density at radius 1 is 1.10 bits per heavy atom. The van der Waals surface area contributed by atoms with Crippen LogP contribution < -0.4 is 5.32 Å². The van der Waals surface area contributed by atoms with Gasteiger partial charge in [-0.15, -0.1) is 11.3 Å². The average molecular weight is 438 g/mol. The molecule has 0 saturated heterocycles. The van der Waals surface area contributed by atoms with Gasteiger partial charge in [0, 0.05) is 16.9 Å². The third-order valence-electron chi connectivity index (χ3n) is 3.97. The summed E-state index contributed by atoms with van der Waals surface area (Å²) >= 11 is 8.90. The van der Waals surface area contributed by atoms with Crippen molar-refractivity contribution in [2.45, 2.75) is 4.34 Å². The topological polar surface area (TPSA) is 54.4 Å². The van der Waals surface area contributed by atoms with Crippen LogP contribution in [0.15, 0.2) is 82.1 Å². The molecule has 29 heavy (non-hydrogen) atoms. The molecular weight excluding hydrogens is 422 g/mol. The van der Waals surface area contributed by atoms with Gasteiger partial charge in [0.25, 0.3) is 0 Å². The number of benzene rings is 3. The van der Waals surface area contributed by atoms with Gasteiger partial charge >= 0.3 is 0 Å². The summed E-state index contributed by atoms with van der Waals surface area (Å²) in [4.78, 5) is 21.2. The number of carbonyl (C=O) groups excluding carboxylic acids is 1. The number of nitrogens with zero attached hydrogens (tertiary/aromatic N) is 2. The Morgan fingerprint density at radius 2 is 1.90 bits per heavy atom. The van der Waals surface area contributed by atoms with E-state index in [1.807, 2.05) is 79.0 Å². The zero-order chi connectivity index (χ0) is 20.1. The number of anilines is 1. The molecule has 0 fully saturated rings. The molecule has 0 aliphatic rings. The molecule has 1 N–H and O–H groups in total. The summed E-state index contributed by atoms with van der Waals surface area (Å²) in [6, 6.07) is 22.9. The first-order valence-electron chi connectivity index (χ1n) is 8.84. The van der Waals surface area contributed by atoms with Gasteiger partial charge in [-0.25, -0.2) is 4.98 Å². The van der Waals surface area contributed by atoms with Crippen LogP contribution in [-0.2, 0) is 4.79 Å². The fourth-order valence-electron chi connectivity index (χ4n) is 2.58. The number of amides is 1. The molecule has 0 bridgehead atoms. The average Bonchev–Trinajstić information content (AvgIpc) is 3.15. The Morgan fingerprint density at radius 3 is 2.69 bits per heavy atom. The van der Waals surface area contributed by atoms with E-state index in [1.165, 1.54) is 11.8 Å². The van der Waals surface area contributed by atoms with Crippen LogP contribution in [-0.4, -0.2) is 22.9 Å². The number of para-hydroxylation sites is 1. The van der Waals surface area contributed by atoms with Gasteiger partial charge < -0.3 is 5.32 Å². The van der Waals surface area contributed by atoms with Crippen LogP contribution in [0.2, 0.25) is 5.02 Å². The quantitative estimate of drug-likeness (QED) is 0.279. The third kappa shape index (κ3) is 5.44. The van der Waals surface area contributed by atoms with Gasteiger partial charge in [-0.05, 0) is 48.0 Å². The van der Waals surface area contributed by atoms with Crippen LogP contribution in [0.4, 0.5) is 11.4 Å². The number of hydrogen-bond donors (Lipinski definition) is 1.